The zero-order valence-electron chi connectivity index (χ0n) is 16.5. The Kier molecular flexibility index (Phi) is 4.54. The van der Waals surface area contributed by atoms with Crippen LogP contribution in [0.2, 0.25) is 0 Å². The van der Waals surface area contributed by atoms with Crippen molar-refractivity contribution in [3.8, 4) is 0 Å². The Morgan fingerprint density at radius 2 is 0.875 bits per heavy atom. The molecule has 7 nitrogen and oxygen atoms in total. The van der Waals surface area contributed by atoms with Gasteiger partial charge in [-0.1, -0.05) is 60.7 Å². The predicted octanol–water partition coefficient (Wildman–Crippen LogP) is 3.43. The Balaban J connectivity index is 1.62. The van der Waals surface area contributed by atoms with E-state index in [1.54, 1.807) is 36.4 Å². The van der Waals surface area contributed by atoms with E-state index in [0.717, 1.165) is 23.2 Å². The number of hydrogen-bond acceptors (Lipinski definition) is 5. The molecule has 32 heavy (non-hydrogen) atoms. The van der Waals surface area contributed by atoms with Crippen LogP contribution in [0.1, 0.15) is 0 Å². The highest BCUT2D eigenvalue weighted by Gasteiger charge is 2.26. The average molecular weight is 465 g/mol. The van der Waals surface area contributed by atoms with Gasteiger partial charge in [0, 0.05) is 12.4 Å². The van der Waals surface area contributed by atoms with Gasteiger partial charge in [0.25, 0.3) is 20.0 Å². The highest BCUT2D eigenvalue weighted by Crippen LogP contribution is 2.22. The van der Waals surface area contributed by atoms with Crippen molar-refractivity contribution in [3.63, 3.8) is 0 Å². The number of rotatable bonds is 4. The minimum Gasteiger partial charge on any atom is -0.245 e. The van der Waals surface area contributed by atoms with E-state index in [0.29, 0.717) is 18.7 Å². The van der Waals surface area contributed by atoms with Gasteiger partial charge < -0.3 is 0 Å². The molecule has 5 rings (SSSR count). The molecule has 0 fully saturated rings. The summed E-state index contributed by atoms with van der Waals surface area (Å²) in [6.45, 7) is 0. The molecule has 0 saturated carbocycles. The van der Waals surface area contributed by atoms with E-state index in [-0.39, 0.29) is 9.79 Å². The van der Waals surface area contributed by atoms with E-state index in [4.69, 9.17) is 0 Å². The van der Waals surface area contributed by atoms with E-state index in [9.17, 15) is 21.6 Å². The van der Waals surface area contributed by atoms with Gasteiger partial charge in [-0.05, 0) is 45.8 Å². The summed E-state index contributed by atoms with van der Waals surface area (Å²) in [4.78, 5) is 12.7. The summed E-state index contributed by atoms with van der Waals surface area (Å²) in [6, 6.07) is 23.4. The van der Waals surface area contributed by atoms with Gasteiger partial charge in [0.1, 0.15) is 0 Å². The molecule has 0 amide bonds. The van der Waals surface area contributed by atoms with Crippen molar-refractivity contribution in [2.75, 3.05) is 0 Å². The molecule has 0 aliphatic rings. The molecule has 4 aromatic carbocycles. The lowest BCUT2D eigenvalue weighted by Gasteiger charge is -2.07. The minimum atomic E-state index is -4.30. The summed E-state index contributed by atoms with van der Waals surface area (Å²) in [6.07, 6.45) is 1.90. The van der Waals surface area contributed by atoms with Crippen LogP contribution in [0, 0.1) is 0 Å². The fourth-order valence-corrected chi connectivity index (χ4v) is 6.15. The number of hydrogen-bond donors (Lipinski definition) is 0. The SMILES string of the molecule is O=c1n(S(=O)(=O)c2ccc3ccccc3c2)ccn1S(=O)(=O)c1ccc2ccccc2c1. The summed E-state index contributed by atoms with van der Waals surface area (Å²) in [5, 5.41) is 3.06. The van der Waals surface area contributed by atoms with E-state index >= 15 is 0 Å². The van der Waals surface area contributed by atoms with Gasteiger partial charge in [-0.3, -0.25) is 0 Å². The third-order valence-corrected chi connectivity index (χ3v) is 8.56. The Morgan fingerprint density at radius 3 is 1.28 bits per heavy atom. The first-order chi connectivity index (χ1) is 15.3. The second-order valence-electron chi connectivity index (χ2n) is 7.20. The normalized spacial score (nSPS) is 12.4. The Labute approximate surface area is 183 Å². The van der Waals surface area contributed by atoms with Crippen LogP contribution in [0.15, 0.2) is 112 Å². The lowest BCUT2D eigenvalue weighted by Crippen LogP contribution is -2.32. The molecule has 5 aromatic rings. The first-order valence-electron chi connectivity index (χ1n) is 9.57. The van der Waals surface area contributed by atoms with Crippen LogP contribution >= 0.6 is 0 Å². The van der Waals surface area contributed by atoms with Gasteiger partial charge in [0.2, 0.25) is 0 Å². The van der Waals surface area contributed by atoms with Crippen LogP contribution in [0.5, 0.6) is 0 Å². The van der Waals surface area contributed by atoms with Crippen LogP contribution in [-0.2, 0) is 20.0 Å². The summed E-state index contributed by atoms with van der Waals surface area (Å²) < 4.78 is 53.3. The van der Waals surface area contributed by atoms with E-state index in [1.807, 2.05) is 24.3 Å². The maximum Gasteiger partial charge on any atom is 0.356 e. The zero-order chi connectivity index (χ0) is 22.5. The van der Waals surface area contributed by atoms with Gasteiger partial charge in [-0.2, -0.15) is 7.94 Å². The van der Waals surface area contributed by atoms with Crippen LogP contribution in [-0.4, -0.2) is 24.8 Å². The van der Waals surface area contributed by atoms with Crippen molar-refractivity contribution in [1.82, 2.24) is 7.94 Å². The molecule has 0 bridgehead atoms. The second-order valence-corrected chi connectivity index (χ2v) is 10.8. The molecular weight excluding hydrogens is 448 g/mol. The molecule has 0 atom stereocenters. The summed E-state index contributed by atoms with van der Waals surface area (Å²) in [5.41, 5.74) is -1.19. The molecule has 0 spiro atoms. The zero-order valence-corrected chi connectivity index (χ0v) is 18.1. The lowest BCUT2D eigenvalue weighted by molar-refractivity contribution is 0.581. The molecule has 1 aromatic heterocycles. The van der Waals surface area contributed by atoms with Gasteiger partial charge in [-0.25, -0.2) is 21.6 Å². The summed E-state index contributed by atoms with van der Waals surface area (Å²) >= 11 is 0. The maximum absolute atomic E-state index is 13.1. The molecule has 0 aliphatic carbocycles. The van der Waals surface area contributed by atoms with E-state index < -0.39 is 25.7 Å². The first-order valence-corrected chi connectivity index (χ1v) is 12.5. The molecule has 1 heterocycles. The molecule has 9 heteroatoms. The number of benzene rings is 4. The predicted molar refractivity (Wildman–Crippen MR) is 122 cm³/mol. The van der Waals surface area contributed by atoms with Gasteiger partial charge >= 0.3 is 5.69 Å². The maximum atomic E-state index is 13.1. The van der Waals surface area contributed by atoms with Crippen molar-refractivity contribution < 1.29 is 16.8 Å². The first kappa shape index (κ1) is 20.2. The van der Waals surface area contributed by atoms with Gasteiger partial charge in [0.05, 0.1) is 9.79 Å². The summed E-state index contributed by atoms with van der Waals surface area (Å²) in [5.74, 6) is 0. The van der Waals surface area contributed by atoms with Crippen molar-refractivity contribution in [2.24, 2.45) is 0 Å². The van der Waals surface area contributed by atoms with Crippen LogP contribution in [0.3, 0.4) is 0 Å². The molecule has 0 radical (unpaired) electrons. The fourth-order valence-electron chi connectivity index (χ4n) is 3.59. The fraction of sp³-hybridized carbons (Fsp3) is 0. The Morgan fingerprint density at radius 1 is 0.500 bits per heavy atom. The second kappa shape index (κ2) is 7.18. The largest absolute Gasteiger partial charge is 0.356 e. The molecular formula is C23H16N2O5S2. The number of nitrogens with zero attached hydrogens (tertiary/aromatic N) is 2. The monoisotopic (exact) mass is 464 g/mol. The standard InChI is InChI=1S/C23H16N2O5S2/c26-23-24(31(27,28)21-11-9-17-5-1-3-7-19(17)15-21)13-14-25(23)32(29,30)22-12-10-18-6-2-4-8-20(18)16-22/h1-16H. The molecule has 0 unspecified atom stereocenters. The number of imidazole rings is 1. The van der Waals surface area contributed by atoms with E-state index in [2.05, 4.69) is 0 Å². The molecule has 0 N–H and O–H groups in total. The summed E-state index contributed by atoms with van der Waals surface area (Å²) in [7, 11) is -8.60. The Bertz CT molecular complexity index is 1650. The van der Waals surface area contributed by atoms with Gasteiger partial charge in [0.15, 0.2) is 0 Å². The number of fused-ring (bicyclic) bond motifs is 2. The minimum absolute atomic E-state index is 0.112. The smallest absolute Gasteiger partial charge is 0.245 e. The number of aromatic nitrogens is 2. The topological polar surface area (TPSA) is 95.2 Å². The third kappa shape index (κ3) is 3.14. The highest BCUT2D eigenvalue weighted by atomic mass is 32.2. The Hall–Kier alpha value is -3.69. The quantitative estimate of drug-likeness (QED) is 0.406. The van der Waals surface area contributed by atoms with Crippen molar-refractivity contribution in [1.29, 1.82) is 0 Å². The molecule has 0 saturated heterocycles. The molecule has 160 valence electrons. The van der Waals surface area contributed by atoms with E-state index in [1.165, 1.54) is 24.3 Å². The van der Waals surface area contributed by atoms with Gasteiger partial charge in [-0.15, -0.1) is 0 Å². The molecule has 0 aliphatic heterocycles. The third-order valence-electron chi connectivity index (χ3n) is 5.27. The average Bonchev–Trinajstić information content (AvgIpc) is 3.21. The van der Waals surface area contributed by atoms with Crippen LogP contribution in [0.25, 0.3) is 21.5 Å². The van der Waals surface area contributed by atoms with Crippen LogP contribution in [0.4, 0.5) is 0 Å². The van der Waals surface area contributed by atoms with Crippen molar-refractivity contribution in [2.45, 2.75) is 9.79 Å². The lowest BCUT2D eigenvalue weighted by atomic mass is 10.1. The highest BCUT2D eigenvalue weighted by molar-refractivity contribution is 7.90. The van der Waals surface area contributed by atoms with Crippen molar-refractivity contribution >= 4 is 41.6 Å². The van der Waals surface area contributed by atoms with Crippen molar-refractivity contribution in [3.05, 3.63) is 108 Å². The van der Waals surface area contributed by atoms with Crippen LogP contribution < -0.4 is 5.69 Å².